The maximum Gasteiger partial charge on any atom is 0.213 e. The maximum atomic E-state index is 5.15. The van der Waals surface area contributed by atoms with E-state index in [4.69, 9.17) is 4.74 Å². The van der Waals surface area contributed by atoms with E-state index in [1.54, 1.807) is 7.11 Å². The highest BCUT2D eigenvalue weighted by Gasteiger charge is 2.18. The highest BCUT2D eigenvalue weighted by molar-refractivity contribution is 5.46. The Morgan fingerprint density at radius 2 is 1.69 bits per heavy atom. The van der Waals surface area contributed by atoms with Crippen LogP contribution < -0.4 is 9.64 Å². The first kappa shape index (κ1) is 16.7. The number of hydrogen-bond donors (Lipinski definition) is 0. The molecule has 0 atom stereocenters. The minimum Gasteiger partial charge on any atom is -0.481 e. The number of ether oxygens (including phenoxy) is 1. The van der Waals surface area contributed by atoms with Crippen LogP contribution in [0.3, 0.4) is 0 Å². The van der Waals surface area contributed by atoms with Gasteiger partial charge in [-0.05, 0) is 30.3 Å². The number of para-hydroxylation sites is 1. The fraction of sp³-hybridized carbons (Fsp3) is 0.286. The van der Waals surface area contributed by atoms with Crippen LogP contribution in [0.15, 0.2) is 67.0 Å². The Labute approximate surface area is 154 Å². The number of methoxy groups -OCH3 is 1. The van der Waals surface area contributed by atoms with Crippen LogP contribution >= 0.6 is 0 Å². The van der Waals surface area contributed by atoms with E-state index >= 15 is 0 Å². The number of nitrogens with zero attached hydrogens (tertiary/aromatic N) is 4. The Bertz CT molecular complexity index is 821. The van der Waals surface area contributed by atoms with Gasteiger partial charge in [0.15, 0.2) is 0 Å². The molecule has 0 bridgehead atoms. The molecule has 0 radical (unpaired) electrons. The zero-order valence-corrected chi connectivity index (χ0v) is 15.1. The smallest absolute Gasteiger partial charge is 0.213 e. The van der Waals surface area contributed by atoms with Crippen LogP contribution in [0, 0.1) is 0 Å². The first-order valence-electron chi connectivity index (χ1n) is 9.02. The van der Waals surface area contributed by atoms with E-state index in [1.807, 2.05) is 18.3 Å². The Morgan fingerprint density at radius 1 is 0.885 bits per heavy atom. The second-order valence-corrected chi connectivity index (χ2v) is 6.53. The number of piperazine rings is 1. The van der Waals surface area contributed by atoms with E-state index < -0.39 is 0 Å². The average Bonchev–Trinajstić information content (AvgIpc) is 3.17. The molecule has 1 saturated heterocycles. The van der Waals surface area contributed by atoms with Gasteiger partial charge in [-0.1, -0.05) is 18.2 Å². The van der Waals surface area contributed by atoms with Crippen molar-refractivity contribution in [2.45, 2.75) is 6.54 Å². The van der Waals surface area contributed by atoms with E-state index in [2.05, 4.69) is 68.0 Å². The van der Waals surface area contributed by atoms with Crippen molar-refractivity contribution < 1.29 is 4.74 Å². The number of anilines is 1. The van der Waals surface area contributed by atoms with Gasteiger partial charge in [0.05, 0.1) is 19.0 Å². The van der Waals surface area contributed by atoms with Gasteiger partial charge in [0.1, 0.15) is 0 Å². The Kier molecular flexibility index (Phi) is 4.88. The summed E-state index contributed by atoms with van der Waals surface area (Å²) in [7, 11) is 1.64. The molecule has 2 aromatic heterocycles. The van der Waals surface area contributed by atoms with Crippen molar-refractivity contribution in [2.24, 2.45) is 0 Å². The molecule has 1 fully saturated rings. The SMILES string of the molecule is COc1ccc(-n2cccc2CN2CCN(c3ccccc3)CC2)cn1. The highest BCUT2D eigenvalue weighted by Crippen LogP contribution is 2.19. The van der Waals surface area contributed by atoms with Crippen molar-refractivity contribution >= 4 is 5.69 Å². The number of benzene rings is 1. The van der Waals surface area contributed by atoms with E-state index in [9.17, 15) is 0 Å². The zero-order chi connectivity index (χ0) is 17.8. The molecule has 0 unspecified atom stereocenters. The second-order valence-electron chi connectivity index (χ2n) is 6.53. The van der Waals surface area contributed by atoms with E-state index in [0.717, 1.165) is 38.4 Å². The molecule has 0 N–H and O–H groups in total. The zero-order valence-electron chi connectivity index (χ0n) is 15.1. The largest absolute Gasteiger partial charge is 0.481 e. The maximum absolute atomic E-state index is 5.15. The molecule has 0 spiro atoms. The van der Waals surface area contributed by atoms with Crippen LogP contribution in [0.2, 0.25) is 0 Å². The minimum atomic E-state index is 0.638. The van der Waals surface area contributed by atoms with E-state index in [1.165, 1.54) is 11.4 Å². The van der Waals surface area contributed by atoms with Crippen molar-refractivity contribution in [3.63, 3.8) is 0 Å². The number of rotatable bonds is 5. The summed E-state index contributed by atoms with van der Waals surface area (Å²) in [5, 5.41) is 0. The van der Waals surface area contributed by atoms with Gasteiger partial charge >= 0.3 is 0 Å². The predicted octanol–water partition coefficient (Wildman–Crippen LogP) is 3.20. The van der Waals surface area contributed by atoms with Gasteiger partial charge in [0.25, 0.3) is 0 Å². The third-order valence-corrected chi connectivity index (χ3v) is 4.92. The van der Waals surface area contributed by atoms with Crippen molar-refractivity contribution in [3.8, 4) is 11.6 Å². The standard InChI is InChI=1S/C21H24N4O/c1-26-21-10-9-19(16-22-21)25-11-5-8-20(25)17-23-12-14-24(15-13-23)18-6-3-2-4-7-18/h2-11,16H,12-15,17H2,1H3. The molecule has 4 rings (SSSR count). The van der Waals surface area contributed by atoms with Crippen molar-refractivity contribution in [1.29, 1.82) is 0 Å². The molecule has 1 aromatic carbocycles. The van der Waals surface area contributed by atoms with E-state index in [-0.39, 0.29) is 0 Å². The molecule has 134 valence electrons. The van der Waals surface area contributed by atoms with Crippen molar-refractivity contribution in [3.05, 3.63) is 72.7 Å². The van der Waals surface area contributed by atoms with Gasteiger partial charge in [-0.15, -0.1) is 0 Å². The first-order chi connectivity index (χ1) is 12.8. The lowest BCUT2D eigenvalue weighted by atomic mass is 10.2. The molecule has 3 aromatic rings. The summed E-state index contributed by atoms with van der Waals surface area (Å²) in [6, 6.07) is 18.9. The fourth-order valence-electron chi connectivity index (χ4n) is 3.46. The van der Waals surface area contributed by atoms with Gasteiger partial charge in [-0.2, -0.15) is 0 Å². The van der Waals surface area contributed by atoms with E-state index in [0.29, 0.717) is 5.88 Å². The minimum absolute atomic E-state index is 0.638. The Balaban J connectivity index is 1.40. The third kappa shape index (κ3) is 3.58. The normalized spacial score (nSPS) is 15.2. The summed E-state index contributed by atoms with van der Waals surface area (Å²) in [6.07, 6.45) is 3.95. The van der Waals surface area contributed by atoms with Crippen LogP contribution in [-0.4, -0.2) is 47.7 Å². The molecule has 3 heterocycles. The third-order valence-electron chi connectivity index (χ3n) is 4.92. The summed E-state index contributed by atoms with van der Waals surface area (Å²) in [6.45, 7) is 5.22. The first-order valence-corrected chi connectivity index (χ1v) is 9.02. The molecule has 26 heavy (non-hydrogen) atoms. The molecular formula is C21H24N4O. The summed E-state index contributed by atoms with van der Waals surface area (Å²) >= 11 is 0. The number of hydrogen-bond acceptors (Lipinski definition) is 4. The summed E-state index contributed by atoms with van der Waals surface area (Å²) < 4.78 is 7.36. The van der Waals surface area contributed by atoms with Crippen LogP contribution in [0.4, 0.5) is 5.69 Å². The van der Waals surface area contributed by atoms with Crippen molar-refractivity contribution in [1.82, 2.24) is 14.5 Å². The molecule has 0 amide bonds. The van der Waals surface area contributed by atoms with Crippen LogP contribution in [0.1, 0.15) is 5.69 Å². The summed E-state index contributed by atoms with van der Waals surface area (Å²) in [5.41, 5.74) is 3.67. The lowest BCUT2D eigenvalue weighted by Gasteiger charge is -2.36. The van der Waals surface area contributed by atoms with Gasteiger partial charge in [0.2, 0.25) is 5.88 Å². The molecule has 1 aliphatic rings. The molecule has 1 aliphatic heterocycles. The second kappa shape index (κ2) is 7.62. The Hall–Kier alpha value is -2.79. The summed E-state index contributed by atoms with van der Waals surface area (Å²) in [5.74, 6) is 0.638. The fourth-order valence-corrected chi connectivity index (χ4v) is 3.46. The average molecular weight is 348 g/mol. The highest BCUT2D eigenvalue weighted by atomic mass is 16.5. The molecule has 5 heteroatoms. The lowest BCUT2D eigenvalue weighted by Crippen LogP contribution is -2.46. The monoisotopic (exact) mass is 348 g/mol. The van der Waals surface area contributed by atoms with Gasteiger partial charge in [-0.3, -0.25) is 4.90 Å². The topological polar surface area (TPSA) is 33.5 Å². The van der Waals surface area contributed by atoms with Gasteiger partial charge in [-0.25, -0.2) is 4.98 Å². The van der Waals surface area contributed by atoms with Gasteiger partial charge < -0.3 is 14.2 Å². The molecule has 5 nitrogen and oxygen atoms in total. The van der Waals surface area contributed by atoms with Crippen molar-refractivity contribution in [2.75, 3.05) is 38.2 Å². The quantitative estimate of drug-likeness (QED) is 0.709. The molecule has 0 aliphatic carbocycles. The number of aromatic nitrogens is 2. The lowest BCUT2D eigenvalue weighted by molar-refractivity contribution is 0.246. The number of pyridine rings is 1. The summed E-state index contributed by atoms with van der Waals surface area (Å²) in [4.78, 5) is 9.30. The Morgan fingerprint density at radius 3 is 2.38 bits per heavy atom. The molecular weight excluding hydrogens is 324 g/mol. The predicted molar refractivity (Wildman–Crippen MR) is 104 cm³/mol. The van der Waals surface area contributed by atoms with Gasteiger partial charge in [0, 0.05) is 56.4 Å². The van der Waals surface area contributed by atoms with Crippen LogP contribution in [-0.2, 0) is 6.54 Å². The van der Waals surface area contributed by atoms with Crippen LogP contribution in [0.25, 0.3) is 5.69 Å². The molecule has 0 saturated carbocycles. The van der Waals surface area contributed by atoms with Crippen LogP contribution in [0.5, 0.6) is 5.88 Å².